The third-order valence-corrected chi connectivity index (χ3v) is 2.13. The standard InChI is InChI=1S/C12H14N2O/c1-8(2)15-12-7-11-10(6-9(12)3)13-4-5-14-11/h5-8,14H,1-3H3. The van der Waals surface area contributed by atoms with Crippen molar-refractivity contribution in [2.24, 2.45) is 4.99 Å². The molecule has 0 aliphatic carbocycles. The third-order valence-electron chi connectivity index (χ3n) is 2.13. The molecule has 1 aliphatic heterocycles. The van der Waals surface area contributed by atoms with Gasteiger partial charge in [-0.05, 0) is 32.4 Å². The third kappa shape index (κ3) is 2.03. The zero-order chi connectivity index (χ0) is 10.8. The molecule has 2 rings (SSSR count). The molecule has 0 radical (unpaired) electrons. The van der Waals surface area contributed by atoms with Crippen LogP contribution in [0.3, 0.4) is 0 Å². The summed E-state index contributed by atoms with van der Waals surface area (Å²) in [5, 5.41) is 3.09. The monoisotopic (exact) mass is 202 g/mol. The Bertz CT molecular complexity index is 443. The van der Waals surface area contributed by atoms with Gasteiger partial charge in [-0.2, -0.15) is 0 Å². The van der Waals surface area contributed by atoms with Crippen molar-refractivity contribution in [3.63, 3.8) is 0 Å². The zero-order valence-electron chi connectivity index (χ0n) is 9.16. The van der Waals surface area contributed by atoms with Gasteiger partial charge in [-0.25, -0.2) is 4.99 Å². The van der Waals surface area contributed by atoms with Crippen LogP contribution >= 0.6 is 0 Å². The first-order valence-electron chi connectivity index (χ1n) is 5.02. The Labute approximate surface area is 89.5 Å². The van der Waals surface area contributed by atoms with Crippen molar-refractivity contribution in [1.29, 1.82) is 0 Å². The van der Waals surface area contributed by atoms with Gasteiger partial charge in [-0.15, -0.1) is 0 Å². The Balaban J connectivity index is 2.40. The van der Waals surface area contributed by atoms with Crippen molar-refractivity contribution in [3.05, 3.63) is 23.9 Å². The summed E-state index contributed by atoms with van der Waals surface area (Å²) in [6, 6.07) is 3.98. The quantitative estimate of drug-likeness (QED) is 0.799. The average molecular weight is 202 g/mol. The van der Waals surface area contributed by atoms with Gasteiger partial charge in [-0.3, -0.25) is 0 Å². The topological polar surface area (TPSA) is 33.6 Å². The Morgan fingerprint density at radius 2 is 2.20 bits per heavy atom. The predicted molar refractivity (Wildman–Crippen MR) is 62.2 cm³/mol. The molecule has 1 N–H and O–H groups in total. The lowest BCUT2D eigenvalue weighted by atomic mass is 10.1. The Morgan fingerprint density at radius 3 is 2.93 bits per heavy atom. The van der Waals surface area contributed by atoms with Crippen LogP contribution in [0.4, 0.5) is 11.4 Å². The minimum atomic E-state index is 0.185. The van der Waals surface area contributed by atoms with E-state index in [1.807, 2.05) is 32.9 Å². The van der Waals surface area contributed by atoms with E-state index >= 15 is 0 Å². The highest BCUT2D eigenvalue weighted by Crippen LogP contribution is 2.34. The lowest BCUT2D eigenvalue weighted by Crippen LogP contribution is -2.07. The van der Waals surface area contributed by atoms with Crippen LogP contribution in [0, 0.1) is 6.92 Å². The van der Waals surface area contributed by atoms with Crippen LogP contribution in [0.25, 0.3) is 0 Å². The predicted octanol–water partition coefficient (Wildman–Crippen LogP) is 3.02. The minimum absolute atomic E-state index is 0.185. The molecule has 15 heavy (non-hydrogen) atoms. The second-order valence-corrected chi connectivity index (χ2v) is 3.83. The number of hydrogen-bond acceptors (Lipinski definition) is 3. The molecule has 1 heterocycles. The molecule has 0 saturated heterocycles. The van der Waals surface area contributed by atoms with Crippen molar-refractivity contribution in [1.82, 2.24) is 0 Å². The Morgan fingerprint density at radius 1 is 1.40 bits per heavy atom. The highest BCUT2D eigenvalue weighted by atomic mass is 16.5. The molecule has 0 aromatic heterocycles. The van der Waals surface area contributed by atoms with Crippen molar-refractivity contribution >= 4 is 17.2 Å². The summed E-state index contributed by atoms with van der Waals surface area (Å²) in [4.78, 5) is 4.15. The lowest BCUT2D eigenvalue weighted by Gasteiger charge is -2.15. The molecule has 0 spiro atoms. The van der Waals surface area contributed by atoms with Crippen LogP contribution in [-0.2, 0) is 0 Å². The van der Waals surface area contributed by atoms with E-state index in [0.29, 0.717) is 0 Å². The second kappa shape index (κ2) is 3.79. The highest BCUT2D eigenvalue weighted by molar-refractivity contribution is 5.79. The molecule has 0 saturated carbocycles. The number of hydrogen-bond donors (Lipinski definition) is 1. The van der Waals surface area contributed by atoms with Crippen LogP contribution in [0.2, 0.25) is 0 Å². The molecule has 1 aromatic rings. The molecule has 1 aromatic carbocycles. The van der Waals surface area contributed by atoms with Gasteiger partial charge in [0.05, 0.1) is 23.7 Å². The van der Waals surface area contributed by atoms with Crippen molar-refractivity contribution in [2.75, 3.05) is 5.32 Å². The maximum atomic E-state index is 5.70. The molecule has 3 nitrogen and oxygen atoms in total. The fourth-order valence-corrected chi connectivity index (χ4v) is 1.47. The lowest BCUT2D eigenvalue weighted by molar-refractivity contribution is 0.241. The maximum absolute atomic E-state index is 5.70. The molecule has 0 bridgehead atoms. The minimum Gasteiger partial charge on any atom is -0.491 e. The van der Waals surface area contributed by atoms with Gasteiger partial charge in [0.25, 0.3) is 0 Å². The Hall–Kier alpha value is -1.73. The van der Waals surface area contributed by atoms with Gasteiger partial charge in [0.2, 0.25) is 0 Å². The first kappa shape index (κ1) is 9.81. The summed E-state index contributed by atoms with van der Waals surface area (Å²) < 4.78 is 5.70. The smallest absolute Gasteiger partial charge is 0.124 e. The number of aryl methyl sites for hydroxylation is 1. The SMILES string of the molecule is Cc1cc2c(cc1OC(C)C)NC=C=N2. The Kier molecular flexibility index (Phi) is 2.48. The van der Waals surface area contributed by atoms with Crippen LogP contribution in [0.5, 0.6) is 5.75 Å². The molecule has 0 unspecified atom stereocenters. The second-order valence-electron chi connectivity index (χ2n) is 3.83. The molecule has 0 atom stereocenters. The maximum Gasteiger partial charge on any atom is 0.124 e. The molecular weight excluding hydrogens is 188 g/mol. The first-order chi connectivity index (χ1) is 7.16. The van der Waals surface area contributed by atoms with E-state index < -0.39 is 0 Å². The number of rotatable bonds is 2. The largest absolute Gasteiger partial charge is 0.491 e. The summed E-state index contributed by atoms with van der Waals surface area (Å²) in [5.41, 5.74) is 2.97. The van der Waals surface area contributed by atoms with Gasteiger partial charge in [0, 0.05) is 11.9 Å². The van der Waals surface area contributed by atoms with Gasteiger partial charge in [0.1, 0.15) is 5.75 Å². The molecular formula is C12H14N2O. The van der Waals surface area contributed by atoms with Gasteiger partial charge >= 0.3 is 0 Å². The van der Waals surface area contributed by atoms with Gasteiger partial charge < -0.3 is 10.1 Å². The molecule has 78 valence electrons. The number of nitrogens with zero attached hydrogens (tertiary/aromatic N) is 1. The van der Waals surface area contributed by atoms with Crippen LogP contribution in [0.15, 0.2) is 23.3 Å². The highest BCUT2D eigenvalue weighted by Gasteiger charge is 2.09. The van der Waals surface area contributed by atoms with Gasteiger partial charge in [-0.1, -0.05) is 0 Å². The summed E-state index contributed by atoms with van der Waals surface area (Å²) >= 11 is 0. The number of nitrogens with one attached hydrogen (secondary N) is 1. The van der Waals surface area contributed by atoms with E-state index in [-0.39, 0.29) is 6.10 Å². The number of benzene rings is 1. The summed E-state index contributed by atoms with van der Waals surface area (Å²) in [7, 11) is 0. The van der Waals surface area contributed by atoms with Crippen LogP contribution < -0.4 is 10.1 Å². The fourth-order valence-electron chi connectivity index (χ4n) is 1.47. The summed E-state index contributed by atoms with van der Waals surface area (Å²) in [6.45, 7) is 6.06. The van der Waals surface area contributed by atoms with Crippen molar-refractivity contribution in [2.45, 2.75) is 26.9 Å². The summed E-state index contributed by atoms with van der Waals surface area (Å²) in [6.07, 6.45) is 1.88. The van der Waals surface area contributed by atoms with E-state index in [0.717, 1.165) is 22.7 Å². The van der Waals surface area contributed by atoms with Gasteiger partial charge in [0.15, 0.2) is 0 Å². The average Bonchev–Trinajstić information content (AvgIpc) is 2.18. The van der Waals surface area contributed by atoms with E-state index in [1.54, 1.807) is 6.20 Å². The van der Waals surface area contributed by atoms with Crippen molar-refractivity contribution in [3.8, 4) is 5.75 Å². The van der Waals surface area contributed by atoms with Crippen molar-refractivity contribution < 1.29 is 4.74 Å². The zero-order valence-corrected chi connectivity index (χ0v) is 9.16. The molecule has 0 fully saturated rings. The first-order valence-corrected chi connectivity index (χ1v) is 5.02. The molecule has 0 amide bonds. The summed E-state index contributed by atoms with van der Waals surface area (Å²) in [5.74, 6) is 3.68. The fraction of sp³-hybridized carbons (Fsp3) is 0.333. The molecule has 3 heteroatoms. The van der Waals surface area contributed by atoms with E-state index in [9.17, 15) is 0 Å². The van der Waals surface area contributed by atoms with Crippen LogP contribution in [0.1, 0.15) is 19.4 Å². The molecule has 1 aliphatic rings. The normalized spacial score (nSPS) is 12.5. The van der Waals surface area contributed by atoms with E-state index in [2.05, 4.69) is 16.2 Å². The van der Waals surface area contributed by atoms with E-state index in [1.165, 1.54) is 0 Å². The van der Waals surface area contributed by atoms with Crippen LogP contribution in [-0.4, -0.2) is 12.0 Å². The number of aliphatic imine (C=N–C) groups is 1. The number of fused-ring (bicyclic) bond motifs is 1. The van der Waals surface area contributed by atoms with E-state index in [4.69, 9.17) is 4.74 Å². The number of ether oxygens (including phenoxy) is 1. The number of anilines is 1.